The van der Waals surface area contributed by atoms with Crippen LogP contribution >= 0.6 is 0 Å². The minimum absolute atomic E-state index is 0.136. The molecule has 0 spiro atoms. The molecule has 2 aromatic carbocycles. The standard InChI is InChI=1S/C22H20N2O3/c1-15-5-3-6-17(13-15)22(25)24-20(21-7-4-12-27-21)14-19(23-24)16-8-10-18(26-2)11-9-16/h3-13,20H,14H2,1-2H3/t20-/m0/s1. The van der Waals surface area contributed by atoms with E-state index < -0.39 is 0 Å². The van der Waals surface area contributed by atoms with Crippen LogP contribution < -0.4 is 4.74 Å². The van der Waals surface area contributed by atoms with E-state index in [1.807, 2.05) is 67.6 Å². The lowest BCUT2D eigenvalue weighted by Crippen LogP contribution is -2.26. The summed E-state index contributed by atoms with van der Waals surface area (Å²) < 4.78 is 10.8. The van der Waals surface area contributed by atoms with Crippen LogP contribution in [0.5, 0.6) is 5.75 Å². The molecule has 0 saturated carbocycles. The van der Waals surface area contributed by atoms with Crippen molar-refractivity contribution >= 4 is 11.6 Å². The van der Waals surface area contributed by atoms with Gasteiger partial charge >= 0.3 is 0 Å². The normalized spacial score (nSPS) is 16.3. The van der Waals surface area contributed by atoms with Crippen LogP contribution in [0.2, 0.25) is 0 Å². The lowest BCUT2D eigenvalue weighted by Gasteiger charge is -2.20. The van der Waals surface area contributed by atoms with Crippen LogP contribution in [0.4, 0.5) is 0 Å². The number of hydrazone groups is 1. The molecule has 1 aliphatic rings. The van der Waals surface area contributed by atoms with Crippen LogP contribution in [0.1, 0.15) is 39.7 Å². The van der Waals surface area contributed by atoms with E-state index in [0.29, 0.717) is 12.0 Å². The highest BCUT2D eigenvalue weighted by atomic mass is 16.5. The Hall–Kier alpha value is -3.34. The predicted octanol–water partition coefficient (Wildman–Crippen LogP) is 4.59. The fourth-order valence-corrected chi connectivity index (χ4v) is 3.27. The number of carbonyl (C=O) groups excluding carboxylic acids is 1. The molecule has 0 N–H and O–H groups in total. The number of nitrogens with zero attached hydrogens (tertiary/aromatic N) is 2. The van der Waals surface area contributed by atoms with Gasteiger partial charge in [-0.05, 0) is 61.0 Å². The Bertz CT molecular complexity index is 975. The van der Waals surface area contributed by atoms with Gasteiger partial charge in [0.05, 0.1) is 19.1 Å². The fraction of sp³-hybridized carbons (Fsp3) is 0.182. The first-order valence-corrected chi connectivity index (χ1v) is 8.81. The summed E-state index contributed by atoms with van der Waals surface area (Å²) in [6.07, 6.45) is 2.22. The van der Waals surface area contributed by atoms with Gasteiger partial charge in [-0.2, -0.15) is 5.10 Å². The number of aryl methyl sites for hydroxylation is 1. The molecule has 1 aliphatic heterocycles. The van der Waals surface area contributed by atoms with Crippen molar-refractivity contribution in [2.75, 3.05) is 7.11 Å². The molecule has 5 nitrogen and oxygen atoms in total. The highest BCUT2D eigenvalue weighted by molar-refractivity contribution is 6.05. The van der Waals surface area contributed by atoms with Crippen LogP contribution in [0.25, 0.3) is 0 Å². The van der Waals surface area contributed by atoms with E-state index in [2.05, 4.69) is 5.10 Å². The van der Waals surface area contributed by atoms with Crippen LogP contribution in [0.15, 0.2) is 76.4 Å². The van der Waals surface area contributed by atoms with E-state index in [1.165, 1.54) is 5.01 Å². The van der Waals surface area contributed by atoms with Crippen molar-refractivity contribution in [3.05, 3.63) is 89.4 Å². The monoisotopic (exact) mass is 360 g/mol. The van der Waals surface area contributed by atoms with Gasteiger partial charge in [0, 0.05) is 12.0 Å². The molecule has 5 heteroatoms. The maximum atomic E-state index is 13.1. The SMILES string of the molecule is COc1ccc(C2=NN(C(=O)c3cccc(C)c3)[C@H](c3ccco3)C2)cc1. The zero-order valence-corrected chi connectivity index (χ0v) is 15.3. The molecule has 0 bridgehead atoms. The molecule has 0 aliphatic carbocycles. The summed E-state index contributed by atoms with van der Waals surface area (Å²) in [5.74, 6) is 1.37. The Labute approximate surface area is 157 Å². The van der Waals surface area contributed by atoms with E-state index in [1.54, 1.807) is 13.4 Å². The Balaban J connectivity index is 1.70. The van der Waals surface area contributed by atoms with Gasteiger partial charge < -0.3 is 9.15 Å². The van der Waals surface area contributed by atoms with Crippen molar-refractivity contribution in [3.8, 4) is 5.75 Å². The Morgan fingerprint density at radius 2 is 1.96 bits per heavy atom. The molecule has 4 rings (SSSR count). The Morgan fingerprint density at radius 3 is 2.63 bits per heavy atom. The molecule has 3 aromatic rings. The van der Waals surface area contributed by atoms with Gasteiger partial charge in [-0.15, -0.1) is 0 Å². The number of hydrogen-bond acceptors (Lipinski definition) is 4. The third kappa shape index (κ3) is 3.36. The Morgan fingerprint density at radius 1 is 1.15 bits per heavy atom. The Kier molecular flexibility index (Phi) is 4.50. The van der Waals surface area contributed by atoms with Gasteiger partial charge in [-0.3, -0.25) is 4.79 Å². The van der Waals surface area contributed by atoms with Crippen LogP contribution in [0, 0.1) is 6.92 Å². The van der Waals surface area contributed by atoms with Crippen molar-refractivity contribution in [2.45, 2.75) is 19.4 Å². The molecule has 0 radical (unpaired) electrons. The van der Waals surface area contributed by atoms with Crippen molar-refractivity contribution in [1.29, 1.82) is 0 Å². The molecule has 27 heavy (non-hydrogen) atoms. The maximum absolute atomic E-state index is 13.1. The van der Waals surface area contributed by atoms with E-state index in [-0.39, 0.29) is 11.9 Å². The highest BCUT2D eigenvalue weighted by Gasteiger charge is 2.35. The summed E-state index contributed by atoms with van der Waals surface area (Å²) in [5.41, 5.74) is 3.46. The van der Waals surface area contributed by atoms with E-state index in [9.17, 15) is 4.79 Å². The molecule has 0 saturated heterocycles. The molecule has 1 amide bonds. The quantitative estimate of drug-likeness (QED) is 0.684. The average Bonchev–Trinajstić information content (AvgIpc) is 3.37. The van der Waals surface area contributed by atoms with E-state index in [0.717, 1.165) is 28.3 Å². The lowest BCUT2D eigenvalue weighted by atomic mass is 10.0. The number of ether oxygens (including phenoxy) is 1. The smallest absolute Gasteiger partial charge is 0.274 e. The number of benzene rings is 2. The van der Waals surface area contributed by atoms with Crippen molar-refractivity contribution < 1.29 is 13.9 Å². The fourth-order valence-electron chi connectivity index (χ4n) is 3.27. The minimum Gasteiger partial charge on any atom is -0.497 e. The molecule has 1 atom stereocenters. The van der Waals surface area contributed by atoms with Crippen LogP contribution in [0.3, 0.4) is 0 Å². The molecular weight excluding hydrogens is 340 g/mol. The third-order valence-electron chi connectivity index (χ3n) is 4.68. The van der Waals surface area contributed by atoms with Crippen molar-refractivity contribution in [1.82, 2.24) is 5.01 Å². The summed E-state index contributed by atoms with van der Waals surface area (Å²) in [7, 11) is 1.64. The van der Waals surface area contributed by atoms with Gasteiger partial charge in [0.15, 0.2) is 0 Å². The van der Waals surface area contributed by atoms with Gasteiger partial charge in [0.1, 0.15) is 17.6 Å². The zero-order chi connectivity index (χ0) is 18.8. The molecule has 0 fully saturated rings. The topological polar surface area (TPSA) is 55.0 Å². The maximum Gasteiger partial charge on any atom is 0.274 e. The number of amides is 1. The van der Waals surface area contributed by atoms with Crippen molar-refractivity contribution in [3.63, 3.8) is 0 Å². The van der Waals surface area contributed by atoms with Crippen molar-refractivity contribution in [2.24, 2.45) is 5.10 Å². The second-order valence-corrected chi connectivity index (χ2v) is 6.53. The first-order valence-electron chi connectivity index (χ1n) is 8.81. The van der Waals surface area contributed by atoms with Gasteiger partial charge in [-0.1, -0.05) is 17.7 Å². The molecule has 136 valence electrons. The first-order chi connectivity index (χ1) is 13.2. The first kappa shape index (κ1) is 17.1. The second-order valence-electron chi connectivity index (χ2n) is 6.53. The zero-order valence-electron chi connectivity index (χ0n) is 15.3. The minimum atomic E-state index is -0.259. The molecule has 0 unspecified atom stereocenters. The summed E-state index contributed by atoms with van der Waals surface area (Å²) in [5, 5.41) is 6.19. The largest absolute Gasteiger partial charge is 0.497 e. The number of carbonyl (C=O) groups is 1. The van der Waals surface area contributed by atoms with Gasteiger partial charge in [-0.25, -0.2) is 5.01 Å². The second kappa shape index (κ2) is 7.11. The third-order valence-corrected chi connectivity index (χ3v) is 4.68. The summed E-state index contributed by atoms with van der Waals surface area (Å²) in [6, 6.07) is 18.7. The molecule has 2 heterocycles. The average molecular weight is 360 g/mol. The number of rotatable bonds is 4. The lowest BCUT2D eigenvalue weighted by molar-refractivity contribution is 0.0692. The summed E-state index contributed by atoms with van der Waals surface area (Å²) >= 11 is 0. The van der Waals surface area contributed by atoms with E-state index in [4.69, 9.17) is 9.15 Å². The molecular formula is C22H20N2O3. The molecule has 1 aromatic heterocycles. The summed E-state index contributed by atoms with van der Waals surface area (Å²) in [6.45, 7) is 1.97. The van der Waals surface area contributed by atoms with Crippen LogP contribution in [-0.4, -0.2) is 23.7 Å². The summed E-state index contributed by atoms with van der Waals surface area (Å²) in [4.78, 5) is 13.1. The highest BCUT2D eigenvalue weighted by Crippen LogP contribution is 2.34. The number of hydrogen-bond donors (Lipinski definition) is 0. The number of methoxy groups -OCH3 is 1. The van der Waals surface area contributed by atoms with Gasteiger partial charge in [0.2, 0.25) is 0 Å². The van der Waals surface area contributed by atoms with E-state index >= 15 is 0 Å². The predicted molar refractivity (Wildman–Crippen MR) is 103 cm³/mol. The van der Waals surface area contributed by atoms with Crippen LogP contribution in [-0.2, 0) is 0 Å². The number of furan rings is 1. The van der Waals surface area contributed by atoms with Gasteiger partial charge in [0.25, 0.3) is 5.91 Å².